The first-order valence-electron chi connectivity index (χ1n) is 5.40. The van der Waals surface area contributed by atoms with Crippen molar-refractivity contribution in [2.24, 2.45) is 5.92 Å². The largest absolute Gasteiger partial charge is 0.397 e. The van der Waals surface area contributed by atoms with Gasteiger partial charge in [-0.1, -0.05) is 0 Å². The summed E-state index contributed by atoms with van der Waals surface area (Å²) >= 11 is 0. The van der Waals surface area contributed by atoms with Crippen LogP contribution >= 0.6 is 0 Å². The average molecular weight is 257 g/mol. The van der Waals surface area contributed by atoms with E-state index in [0.29, 0.717) is 5.69 Å². The molecule has 2 heterocycles. The number of nitrogens with zero attached hydrogens (tertiary/aromatic N) is 2. The number of nitrogens with two attached hydrogens (primary N) is 2. The van der Waals surface area contributed by atoms with Crippen LogP contribution in [-0.4, -0.2) is 28.6 Å². The van der Waals surface area contributed by atoms with Gasteiger partial charge in [0.1, 0.15) is 5.82 Å². The average Bonchev–Trinajstić information content (AvgIpc) is 2.27. The minimum Gasteiger partial charge on any atom is -0.397 e. The zero-order valence-electron chi connectivity index (χ0n) is 9.49. The van der Waals surface area contributed by atoms with Gasteiger partial charge in [-0.3, -0.25) is 4.79 Å². The zero-order valence-corrected chi connectivity index (χ0v) is 9.49. The molecule has 2 rings (SSSR count). The van der Waals surface area contributed by atoms with Crippen LogP contribution in [-0.2, 0) is 11.2 Å². The van der Waals surface area contributed by atoms with Crippen LogP contribution in [0.3, 0.4) is 0 Å². The van der Waals surface area contributed by atoms with E-state index in [1.54, 1.807) is 0 Å². The van der Waals surface area contributed by atoms with Gasteiger partial charge in [0.15, 0.2) is 0 Å². The number of alkyl halides is 2. The molecule has 5 N–H and O–H groups in total. The molecule has 1 aliphatic heterocycles. The van der Waals surface area contributed by atoms with Gasteiger partial charge in [0.25, 0.3) is 5.92 Å². The van der Waals surface area contributed by atoms with Crippen LogP contribution in [0.2, 0.25) is 0 Å². The Morgan fingerprint density at radius 1 is 1.44 bits per heavy atom. The molecule has 1 aliphatic rings. The molecular formula is C10H13F2N5O. The molecule has 1 aromatic rings. The van der Waals surface area contributed by atoms with Gasteiger partial charge in [-0.25, -0.2) is 8.78 Å². The maximum Gasteiger partial charge on any atom is 0.265 e. The molecule has 6 nitrogen and oxygen atoms in total. The van der Waals surface area contributed by atoms with Gasteiger partial charge in [0.05, 0.1) is 17.9 Å². The lowest BCUT2D eigenvalue weighted by Gasteiger charge is -2.28. The number of rotatable bonds is 2. The summed E-state index contributed by atoms with van der Waals surface area (Å²) in [5.74, 6) is -4.02. The molecule has 0 bridgehead atoms. The van der Waals surface area contributed by atoms with Crippen LogP contribution in [0.25, 0.3) is 0 Å². The van der Waals surface area contributed by atoms with Gasteiger partial charge < -0.3 is 16.8 Å². The van der Waals surface area contributed by atoms with Gasteiger partial charge in [0, 0.05) is 24.8 Å². The molecule has 0 aliphatic carbocycles. The number of aromatic nitrogens is 2. The number of carbonyl (C=O) groups is 1. The maximum atomic E-state index is 13.2. The normalized spacial score (nSPS) is 22.6. The molecule has 0 radical (unpaired) electrons. The number of hydrogen-bond acceptors (Lipinski definition) is 5. The Balaban J connectivity index is 2.14. The lowest BCUT2D eigenvalue weighted by Crippen LogP contribution is -2.48. The van der Waals surface area contributed by atoms with Crippen LogP contribution in [0.1, 0.15) is 12.1 Å². The molecule has 18 heavy (non-hydrogen) atoms. The van der Waals surface area contributed by atoms with E-state index in [1.807, 2.05) is 0 Å². The molecule has 1 fully saturated rings. The number of piperidine rings is 1. The fraction of sp³-hybridized carbons (Fsp3) is 0.500. The number of amides is 1. The van der Waals surface area contributed by atoms with Gasteiger partial charge in [0.2, 0.25) is 5.91 Å². The van der Waals surface area contributed by atoms with Crippen molar-refractivity contribution in [3.63, 3.8) is 0 Å². The summed E-state index contributed by atoms with van der Waals surface area (Å²) in [6, 6.07) is 1.39. The summed E-state index contributed by atoms with van der Waals surface area (Å²) in [4.78, 5) is 11.5. The predicted molar refractivity (Wildman–Crippen MR) is 60.6 cm³/mol. The monoisotopic (exact) mass is 257 g/mol. The minimum atomic E-state index is -2.89. The van der Waals surface area contributed by atoms with E-state index in [2.05, 4.69) is 15.5 Å². The first kappa shape index (κ1) is 12.5. The van der Waals surface area contributed by atoms with Gasteiger partial charge in [-0.05, 0) is 0 Å². The standard InChI is InChI=1S/C10H13F2N5O/c11-10(12)3-5(9(18)15-4-10)1-7-6(13)2-8(14)17-16-7/h2,5H,1,3-4H2,(H,15,18)(H4,13,14,17). The predicted octanol–water partition coefficient (Wildman–Crippen LogP) is -0.0451. The molecule has 98 valence electrons. The van der Waals surface area contributed by atoms with Crippen molar-refractivity contribution in [1.29, 1.82) is 0 Å². The highest BCUT2D eigenvalue weighted by Gasteiger charge is 2.41. The van der Waals surface area contributed by atoms with Crippen molar-refractivity contribution in [3.05, 3.63) is 11.8 Å². The highest BCUT2D eigenvalue weighted by atomic mass is 19.3. The van der Waals surface area contributed by atoms with Crippen LogP contribution < -0.4 is 16.8 Å². The third kappa shape index (κ3) is 2.63. The topological polar surface area (TPSA) is 107 Å². The Kier molecular flexibility index (Phi) is 3.02. The van der Waals surface area contributed by atoms with Crippen molar-refractivity contribution in [2.45, 2.75) is 18.8 Å². The molecule has 0 aromatic carbocycles. The Morgan fingerprint density at radius 2 is 2.17 bits per heavy atom. The van der Waals surface area contributed by atoms with E-state index < -0.39 is 30.7 Å². The van der Waals surface area contributed by atoms with E-state index in [0.717, 1.165) is 0 Å². The summed E-state index contributed by atoms with van der Waals surface area (Å²) in [6.45, 7) is -0.620. The third-order valence-corrected chi connectivity index (χ3v) is 2.80. The number of nitrogen functional groups attached to an aromatic ring is 2. The van der Waals surface area contributed by atoms with Gasteiger partial charge in [-0.15, -0.1) is 5.10 Å². The third-order valence-electron chi connectivity index (χ3n) is 2.80. The molecule has 1 amide bonds. The van der Waals surface area contributed by atoms with Crippen LogP contribution in [0.15, 0.2) is 6.07 Å². The minimum absolute atomic E-state index is 0.0283. The highest BCUT2D eigenvalue weighted by Crippen LogP contribution is 2.29. The zero-order chi connectivity index (χ0) is 13.3. The molecule has 0 saturated carbocycles. The second kappa shape index (κ2) is 4.35. The lowest BCUT2D eigenvalue weighted by molar-refractivity contribution is -0.136. The Bertz CT molecular complexity index is 479. The number of carbonyl (C=O) groups excluding carboxylic acids is 1. The number of anilines is 2. The van der Waals surface area contributed by atoms with Crippen molar-refractivity contribution in [3.8, 4) is 0 Å². The quantitative estimate of drug-likeness (QED) is 0.689. The Morgan fingerprint density at radius 3 is 2.83 bits per heavy atom. The van der Waals surface area contributed by atoms with Crippen molar-refractivity contribution in [2.75, 3.05) is 18.0 Å². The van der Waals surface area contributed by atoms with Crippen molar-refractivity contribution >= 4 is 17.4 Å². The van der Waals surface area contributed by atoms with E-state index in [-0.39, 0.29) is 17.9 Å². The fourth-order valence-corrected chi connectivity index (χ4v) is 1.89. The smallest absolute Gasteiger partial charge is 0.265 e. The molecule has 0 spiro atoms. The second-order valence-electron chi connectivity index (χ2n) is 4.35. The van der Waals surface area contributed by atoms with E-state index in [4.69, 9.17) is 11.5 Å². The number of halogens is 2. The second-order valence-corrected chi connectivity index (χ2v) is 4.35. The molecule has 1 aromatic heterocycles. The van der Waals surface area contributed by atoms with Crippen molar-refractivity contribution < 1.29 is 13.6 Å². The molecule has 1 atom stereocenters. The molecular weight excluding hydrogens is 244 g/mol. The van der Waals surface area contributed by atoms with Crippen LogP contribution in [0, 0.1) is 5.92 Å². The molecule has 1 saturated heterocycles. The van der Waals surface area contributed by atoms with Gasteiger partial charge >= 0.3 is 0 Å². The van der Waals surface area contributed by atoms with Crippen molar-refractivity contribution in [1.82, 2.24) is 15.5 Å². The first-order valence-corrected chi connectivity index (χ1v) is 5.40. The van der Waals surface area contributed by atoms with E-state index in [1.165, 1.54) is 6.07 Å². The van der Waals surface area contributed by atoms with Gasteiger partial charge in [-0.2, -0.15) is 5.10 Å². The summed E-state index contributed by atoms with van der Waals surface area (Å²) in [6.07, 6.45) is -0.481. The SMILES string of the molecule is Nc1cc(N)c(CC2CC(F)(F)CNC2=O)nn1. The Labute approximate surface area is 102 Å². The van der Waals surface area contributed by atoms with Crippen LogP contribution in [0.4, 0.5) is 20.3 Å². The number of hydrogen-bond donors (Lipinski definition) is 3. The summed E-state index contributed by atoms with van der Waals surface area (Å²) in [5.41, 5.74) is 11.6. The maximum absolute atomic E-state index is 13.2. The molecule has 1 unspecified atom stereocenters. The molecule has 8 heteroatoms. The van der Waals surface area contributed by atoms with E-state index in [9.17, 15) is 13.6 Å². The fourth-order valence-electron chi connectivity index (χ4n) is 1.89. The number of nitrogens with one attached hydrogen (secondary N) is 1. The Hall–Kier alpha value is -1.99. The summed E-state index contributed by atoms with van der Waals surface area (Å²) in [7, 11) is 0. The summed E-state index contributed by atoms with van der Waals surface area (Å²) in [5, 5.41) is 9.50. The van der Waals surface area contributed by atoms with E-state index >= 15 is 0 Å². The van der Waals surface area contributed by atoms with Crippen LogP contribution in [0.5, 0.6) is 0 Å². The highest BCUT2D eigenvalue weighted by molar-refractivity contribution is 5.80. The first-order chi connectivity index (χ1) is 8.37. The lowest BCUT2D eigenvalue weighted by atomic mass is 9.91. The summed E-state index contributed by atoms with van der Waals surface area (Å²) < 4.78 is 26.4.